The van der Waals surface area contributed by atoms with Crippen molar-refractivity contribution in [1.82, 2.24) is 0 Å². The molecule has 2 aromatic carbocycles. The molecular weight excluding hydrogens is 352 g/mol. The van der Waals surface area contributed by atoms with Crippen LogP contribution in [0.25, 0.3) is 0 Å². The minimum atomic E-state index is 0.214. The summed E-state index contributed by atoms with van der Waals surface area (Å²) in [6, 6.07) is 17.8. The van der Waals surface area contributed by atoms with E-state index in [1.54, 1.807) is 0 Å². The van der Waals surface area contributed by atoms with Crippen LogP contribution in [-0.4, -0.2) is 13.2 Å². The monoisotopic (exact) mass is 390 g/mol. The third-order valence-electron chi connectivity index (χ3n) is 5.11. The molecule has 2 rings (SSSR count). The Bertz CT molecular complexity index is 709. The van der Waals surface area contributed by atoms with E-state index >= 15 is 0 Å². The summed E-state index contributed by atoms with van der Waals surface area (Å²) in [6.07, 6.45) is 10.5. The van der Waals surface area contributed by atoms with Gasteiger partial charge in [0.15, 0.2) is 0 Å². The summed E-state index contributed by atoms with van der Waals surface area (Å²) in [5.41, 5.74) is 5.87. The van der Waals surface area contributed by atoms with E-state index < -0.39 is 0 Å². The second-order valence-electron chi connectivity index (χ2n) is 9.78. The van der Waals surface area contributed by atoms with Gasteiger partial charge in [-0.05, 0) is 45.9 Å². The van der Waals surface area contributed by atoms with E-state index in [4.69, 9.17) is 4.74 Å². The molecule has 156 valence electrons. The standard InChI is InChI=1S/C28H38O/c1-27(2,3)25-17-13-23(14-18-25)11-7-9-21-29-22-10-8-12-24-15-19-26(20-16-24)28(4,5)6/h7-10,13-20H,11-12,21-22H2,1-6H3. The van der Waals surface area contributed by atoms with E-state index in [-0.39, 0.29) is 10.8 Å². The third kappa shape index (κ3) is 8.41. The van der Waals surface area contributed by atoms with Crippen LogP contribution in [0.4, 0.5) is 0 Å². The van der Waals surface area contributed by atoms with Gasteiger partial charge in [0, 0.05) is 0 Å². The lowest BCUT2D eigenvalue weighted by Crippen LogP contribution is -2.10. The topological polar surface area (TPSA) is 9.23 Å². The average molecular weight is 391 g/mol. The van der Waals surface area contributed by atoms with Gasteiger partial charge < -0.3 is 4.74 Å². The Morgan fingerprint density at radius 1 is 0.552 bits per heavy atom. The Kier molecular flexibility index (Phi) is 8.46. The van der Waals surface area contributed by atoms with E-state index in [1.165, 1.54) is 22.3 Å². The molecule has 0 aliphatic rings. The van der Waals surface area contributed by atoms with Crippen LogP contribution >= 0.6 is 0 Å². The quantitative estimate of drug-likeness (QED) is 0.342. The first-order valence-electron chi connectivity index (χ1n) is 10.7. The highest BCUT2D eigenvalue weighted by atomic mass is 16.5. The minimum absolute atomic E-state index is 0.214. The first-order valence-corrected chi connectivity index (χ1v) is 10.7. The molecule has 0 saturated heterocycles. The molecule has 0 unspecified atom stereocenters. The highest BCUT2D eigenvalue weighted by Gasteiger charge is 2.13. The summed E-state index contributed by atoms with van der Waals surface area (Å²) in [5, 5.41) is 0. The van der Waals surface area contributed by atoms with Crippen molar-refractivity contribution in [1.29, 1.82) is 0 Å². The van der Waals surface area contributed by atoms with Gasteiger partial charge in [0.1, 0.15) is 0 Å². The fourth-order valence-electron chi connectivity index (χ4n) is 3.06. The number of ether oxygens (including phenoxy) is 1. The smallest absolute Gasteiger partial charge is 0.0651 e. The maximum absolute atomic E-state index is 5.66. The SMILES string of the molecule is CC(C)(C)c1ccc(CC=CCOCC=CCc2ccc(C(C)(C)C)cc2)cc1. The first kappa shape index (κ1) is 23.2. The molecule has 0 amide bonds. The normalized spacial score (nSPS) is 12.9. The van der Waals surface area contributed by atoms with E-state index in [2.05, 4.69) is 114 Å². The van der Waals surface area contributed by atoms with Gasteiger partial charge in [0.25, 0.3) is 0 Å². The van der Waals surface area contributed by atoms with Crippen LogP contribution in [0.1, 0.15) is 63.8 Å². The first-order chi connectivity index (χ1) is 13.7. The Morgan fingerprint density at radius 2 is 0.897 bits per heavy atom. The van der Waals surface area contributed by atoms with Crippen molar-refractivity contribution in [3.05, 3.63) is 95.1 Å². The summed E-state index contributed by atoms with van der Waals surface area (Å²) in [7, 11) is 0. The van der Waals surface area contributed by atoms with Gasteiger partial charge in [-0.25, -0.2) is 0 Å². The molecule has 0 aromatic heterocycles. The highest BCUT2D eigenvalue weighted by Crippen LogP contribution is 2.23. The molecule has 0 atom stereocenters. The largest absolute Gasteiger partial charge is 0.373 e. The van der Waals surface area contributed by atoms with E-state index in [0.29, 0.717) is 13.2 Å². The molecule has 0 radical (unpaired) electrons. The lowest BCUT2D eigenvalue weighted by atomic mass is 9.86. The lowest BCUT2D eigenvalue weighted by molar-refractivity contribution is 0.193. The molecule has 2 aromatic rings. The Balaban J connectivity index is 1.63. The molecule has 1 heteroatoms. The maximum atomic E-state index is 5.66. The second-order valence-corrected chi connectivity index (χ2v) is 9.78. The number of benzene rings is 2. The summed E-state index contributed by atoms with van der Waals surface area (Å²) >= 11 is 0. The molecule has 0 N–H and O–H groups in total. The maximum Gasteiger partial charge on any atom is 0.0651 e. The van der Waals surface area contributed by atoms with Crippen molar-refractivity contribution < 1.29 is 4.74 Å². The van der Waals surface area contributed by atoms with Crippen molar-refractivity contribution in [3.8, 4) is 0 Å². The molecule has 0 saturated carbocycles. The third-order valence-corrected chi connectivity index (χ3v) is 5.11. The van der Waals surface area contributed by atoms with Crippen LogP contribution in [0.3, 0.4) is 0 Å². The van der Waals surface area contributed by atoms with Crippen LogP contribution in [0.5, 0.6) is 0 Å². The van der Waals surface area contributed by atoms with Crippen LogP contribution in [-0.2, 0) is 28.4 Å². The molecule has 0 spiro atoms. The van der Waals surface area contributed by atoms with Gasteiger partial charge in [-0.1, -0.05) is 114 Å². The van der Waals surface area contributed by atoms with Crippen molar-refractivity contribution in [2.75, 3.05) is 13.2 Å². The Morgan fingerprint density at radius 3 is 1.21 bits per heavy atom. The molecule has 0 aliphatic heterocycles. The van der Waals surface area contributed by atoms with Gasteiger partial charge in [0.2, 0.25) is 0 Å². The van der Waals surface area contributed by atoms with E-state index in [0.717, 1.165) is 12.8 Å². The predicted molar refractivity (Wildman–Crippen MR) is 127 cm³/mol. The Labute approximate surface area is 178 Å². The molecule has 0 heterocycles. The molecular formula is C28H38O. The van der Waals surface area contributed by atoms with Crippen molar-refractivity contribution >= 4 is 0 Å². The van der Waals surface area contributed by atoms with Gasteiger partial charge in [-0.15, -0.1) is 0 Å². The molecule has 0 fully saturated rings. The van der Waals surface area contributed by atoms with Gasteiger partial charge in [-0.2, -0.15) is 0 Å². The fraction of sp³-hybridized carbons (Fsp3) is 0.429. The summed E-state index contributed by atoms with van der Waals surface area (Å²) < 4.78 is 5.66. The average Bonchev–Trinajstić information content (AvgIpc) is 2.66. The molecule has 0 bridgehead atoms. The summed E-state index contributed by atoms with van der Waals surface area (Å²) in [6.45, 7) is 14.8. The molecule has 29 heavy (non-hydrogen) atoms. The zero-order valence-electron chi connectivity index (χ0n) is 19.2. The number of allylic oxidation sites excluding steroid dienone is 2. The minimum Gasteiger partial charge on any atom is -0.373 e. The summed E-state index contributed by atoms with van der Waals surface area (Å²) in [4.78, 5) is 0. The van der Waals surface area contributed by atoms with Crippen molar-refractivity contribution in [2.45, 2.75) is 65.2 Å². The lowest BCUT2D eigenvalue weighted by Gasteiger charge is -2.18. The van der Waals surface area contributed by atoms with Gasteiger partial charge >= 0.3 is 0 Å². The second kappa shape index (κ2) is 10.6. The number of rotatable bonds is 8. The van der Waals surface area contributed by atoms with Gasteiger partial charge in [0.05, 0.1) is 13.2 Å². The van der Waals surface area contributed by atoms with Crippen LogP contribution < -0.4 is 0 Å². The van der Waals surface area contributed by atoms with Crippen LogP contribution in [0.2, 0.25) is 0 Å². The van der Waals surface area contributed by atoms with Crippen LogP contribution in [0, 0.1) is 0 Å². The summed E-state index contributed by atoms with van der Waals surface area (Å²) in [5.74, 6) is 0. The van der Waals surface area contributed by atoms with Crippen LogP contribution in [0.15, 0.2) is 72.8 Å². The predicted octanol–water partition coefficient (Wildman–Crippen LogP) is 7.20. The molecule has 0 aliphatic carbocycles. The zero-order valence-corrected chi connectivity index (χ0v) is 19.2. The number of hydrogen-bond donors (Lipinski definition) is 0. The van der Waals surface area contributed by atoms with Crippen molar-refractivity contribution in [2.24, 2.45) is 0 Å². The number of hydrogen-bond acceptors (Lipinski definition) is 1. The van der Waals surface area contributed by atoms with Gasteiger partial charge in [-0.3, -0.25) is 0 Å². The highest BCUT2D eigenvalue weighted by molar-refractivity contribution is 5.29. The molecule has 1 nitrogen and oxygen atoms in total. The van der Waals surface area contributed by atoms with Crippen molar-refractivity contribution in [3.63, 3.8) is 0 Å². The van der Waals surface area contributed by atoms with E-state index in [9.17, 15) is 0 Å². The Hall–Kier alpha value is -2.12. The zero-order chi connectivity index (χ0) is 21.3. The fourth-order valence-corrected chi connectivity index (χ4v) is 3.06. The van der Waals surface area contributed by atoms with E-state index in [1.807, 2.05) is 0 Å².